The summed E-state index contributed by atoms with van der Waals surface area (Å²) in [6.45, 7) is 2.64. The predicted octanol–water partition coefficient (Wildman–Crippen LogP) is 6.84. The third-order valence-corrected chi connectivity index (χ3v) is 16.0. The van der Waals surface area contributed by atoms with Gasteiger partial charge in [-0.1, -0.05) is 50.2 Å². The van der Waals surface area contributed by atoms with E-state index in [2.05, 4.69) is 19.9 Å². The number of aromatic nitrogens is 6. The van der Waals surface area contributed by atoms with Crippen LogP contribution in [0.4, 0.5) is 25.1 Å². The molecule has 2 unspecified atom stereocenters. The van der Waals surface area contributed by atoms with Crippen LogP contribution in [0.3, 0.4) is 0 Å². The lowest BCUT2D eigenvalue weighted by Crippen LogP contribution is -2.42. The Bertz CT molecular complexity index is 3870. The number of aliphatic hydroxyl groups excluding tert-OH is 2. The molecule has 2 fully saturated rings. The standard InChI is InChI=1S/C26H28ClF2N4O8P.C26H29ClFN4O8P/c1-14(2)39-23(36)15(3)13-42(37,41-16-7-5-4-6-8-16)38-12-18-20(34)26(29,9-10-27)24(40-18)33-11-17(28)19-21(33)31-25(30)32-22(19)35;1-15(2)38-23(35)16(3)14-41(36,40-17-7-5-4-6-8-17)37-13-19-20(33)26(28,10-11-27)24(39-19)32-12-9-18-21(32)30-25(29)31-22(18)34/h4-8,11,14-15,18,20,24,34H,12-13H2,1-3H3,(H3,30,31,32,35);4-9,12,15-16,19-20,24,33H,13-14H2,1-3H3,(H3,29,30,31,34)/t15-,18-,20+,24-,26?,42+;16-,19-,20+,24-,26?,41+/m11/s1/i12D2;13D2. The molecule has 0 saturated carbocycles. The van der Waals surface area contributed by atoms with Crippen LogP contribution in [0.2, 0.25) is 0 Å². The molecule has 0 amide bonds. The number of nitrogens with one attached hydrogen (secondary N) is 2. The molecule has 6 aromatic rings. The number of fused-ring (bicyclic) bond motifs is 2. The average Bonchev–Trinajstić information content (AvgIpc) is 1.59. The quantitative estimate of drug-likeness (QED) is 0.0259. The van der Waals surface area contributed by atoms with E-state index in [0.29, 0.717) is 10.8 Å². The number of para-hydroxylation sites is 2. The van der Waals surface area contributed by atoms with Gasteiger partial charge in [0.15, 0.2) is 29.6 Å². The number of carbonyl (C=O) groups excluding carboxylic acids is 2. The van der Waals surface area contributed by atoms with E-state index >= 15 is 8.78 Å². The second kappa shape index (κ2) is 26.4. The molecule has 8 N–H and O–H groups in total. The second-order valence-corrected chi connectivity index (χ2v) is 23.5. The number of nitrogen functional groups attached to an aromatic ring is 2. The number of esters is 2. The van der Waals surface area contributed by atoms with Gasteiger partial charge in [-0.25, -0.2) is 22.3 Å². The molecule has 31 heteroatoms. The van der Waals surface area contributed by atoms with Crippen LogP contribution < -0.4 is 31.6 Å². The molecule has 0 spiro atoms. The number of benzene rings is 2. The number of anilines is 2. The van der Waals surface area contributed by atoms with E-state index in [1.54, 1.807) is 57.3 Å². The zero-order chi connectivity index (χ0) is 64.4. The van der Waals surface area contributed by atoms with Crippen molar-refractivity contribution < 1.29 is 84.6 Å². The van der Waals surface area contributed by atoms with Crippen LogP contribution >= 0.6 is 38.4 Å². The number of alkyl halides is 2. The van der Waals surface area contributed by atoms with Gasteiger partial charge in [-0.15, -0.1) is 0 Å². The molecule has 0 aliphatic carbocycles. The number of aliphatic hydroxyl groups is 2. The highest BCUT2D eigenvalue weighted by molar-refractivity contribution is 7.54. The van der Waals surface area contributed by atoms with Gasteiger partial charge in [0.25, 0.3) is 11.1 Å². The van der Waals surface area contributed by atoms with Crippen LogP contribution in [0.1, 0.15) is 59.5 Å². The Hall–Kier alpha value is -6.87. The lowest BCUT2D eigenvalue weighted by molar-refractivity contribution is -0.152. The summed E-state index contributed by atoms with van der Waals surface area (Å²) >= 11 is 11.0. The zero-order valence-electron chi connectivity index (χ0n) is 48.5. The van der Waals surface area contributed by atoms with Gasteiger partial charge < -0.3 is 54.2 Å². The average molecular weight is 1240 g/mol. The van der Waals surface area contributed by atoms with E-state index in [1.165, 1.54) is 62.5 Å². The summed E-state index contributed by atoms with van der Waals surface area (Å²) in [5.41, 5.74) is 2.55. The molecule has 0 radical (unpaired) electrons. The smallest absolute Gasteiger partial charge is 0.380 e. The number of nitrogens with two attached hydrogens (primary N) is 2. The fraction of sp³-hybridized carbons (Fsp3) is 0.423. The monoisotopic (exact) mass is 1240 g/mol. The van der Waals surface area contributed by atoms with E-state index in [0.717, 1.165) is 4.57 Å². The van der Waals surface area contributed by atoms with Crippen molar-refractivity contribution in [3.63, 3.8) is 0 Å². The molecular weight excluding hydrogens is 1180 g/mol. The maximum atomic E-state index is 16.5. The van der Waals surface area contributed by atoms with Crippen molar-refractivity contribution in [1.82, 2.24) is 29.1 Å². The molecule has 4 aromatic heterocycles. The van der Waals surface area contributed by atoms with Crippen molar-refractivity contribution in [2.45, 2.75) is 102 Å². The number of H-pyrrole nitrogens is 2. The van der Waals surface area contributed by atoms with E-state index in [1.807, 2.05) is 17.2 Å². The molecule has 446 valence electrons. The van der Waals surface area contributed by atoms with E-state index in [4.69, 9.17) is 77.2 Å². The van der Waals surface area contributed by atoms with Crippen LogP contribution in [0.5, 0.6) is 11.5 Å². The van der Waals surface area contributed by atoms with Gasteiger partial charge in [0.2, 0.25) is 23.2 Å². The number of halogens is 5. The lowest BCUT2D eigenvalue weighted by Gasteiger charge is -2.24. The first kappa shape index (κ1) is 57.9. The van der Waals surface area contributed by atoms with Gasteiger partial charge in [0.1, 0.15) is 41.3 Å². The molecule has 0 bridgehead atoms. The number of hydrogen-bond donors (Lipinski definition) is 6. The Balaban J connectivity index is 0.000000249. The molecule has 24 nitrogen and oxygen atoms in total. The molecular formula is C52H57Cl2F3N8O16P2. The van der Waals surface area contributed by atoms with Crippen LogP contribution in [0.15, 0.2) is 88.7 Å². The zero-order valence-corrected chi connectivity index (χ0v) is 47.8. The van der Waals surface area contributed by atoms with Crippen LogP contribution in [-0.4, -0.2) is 125 Å². The molecule has 83 heavy (non-hydrogen) atoms. The summed E-state index contributed by atoms with van der Waals surface area (Å²) in [5, 5.41) is 25.1. The van der Waals surface area contributed by atoms with Gasteiger partial charge in [0, 0.05) is 23.2 Å². The number of rotatable bonds is 20. The summed E-state index contributed by atoms with van der Waals surface area (Å²) in [5.74, 6) is -1.77. The third kappa shape index (κ3) is 14.6. The summed E-state index contributed by atoms with van der Waals surface area (Å²) < 4.78 is 155. The van der Waals surface area contributed by atoms with Crippen LogP contribution in [0, 0.1) is 40.3 Å². The first-order valence-electron chi connectivity index (χ1n) is 26.8. The minimum Gasteiger partial charge on any atom is -0.463 e. The van der Waals surface area contributed by atoms with Gasteiger partial charge in [-0.2, -0.15) is 9.97 Å². The predicted molar refractivity (Wildman–Crippen MR) is 296 cm³/mol. The van der Waals surface area contributed by atoms with Crippen molar-refractivity contribution in [2.75, 3.05) is 36.9 Å². The molecule has 2 aliphatic rings. The van der Waals surface area contributed by atoms with E-state index < -0.39 is 159 Å². The second-order valence-electron chi connectivity index (χ2n) is 19.2. The summed E-state index contributed by atoms with van der Waals surface area (Å²) in [7, 11) is -9.30. The Morgan fingerprint density at radius 1 is 0.735 bits per heavy atom. The lowest BCUT2D eigenvalue weighted by atomic mass is 9.97. The molecule has 12 atom stereocenters. The topological polar surface area (TPSA) is 336 Å². The first-order valence-corrected chi connectivity index (χ1v) is 29.0. The van der Waals surface area contributed by atoms with E-state index in [-0.39, 0.29) is 28.5 Å². The van der Waals surface area contributed by atoms with Crippen LogP contribution in [0.25, 0.3) is 22.1 Å². The van der Waals surface area contributed by atoms with Gasteiger partial charge in [-0.05, 0) is 93.1 Å². The number of ether oxygens (including phenoxy) is 4. The Kier molecular flexibility index (Phi) is 18.4. The van der Waals surface area contributed by atoms with Crippen molar-refractivity contribution in [2.24, 2.45) is 11.8 Å². The molecule has 2 saturated heterocycles. The molecule has 6 heterocycles. The minimum atomic E-state index is -4.68. The molecule has 2 aromatic carbocycles. The van der Waals surface area contributed by atoms with Crippen molar-refractivity contribution in [1.29, 1.82) is 0 Å². The third-order valence-electron chi connectivity index (χ3n) is 12.0. The number of carbonyl (C=O) groups is 2. The van der Waals surface area contributed by atoms with Crippen molar-refractivity contribution in [3.8, 4) is 34.1 Å². The summed E-state index contributed by atoms with van der Waals surface area (Å²) in [6.07, 6.45) is -14.0. The van der Waals surface area contributed by atoms with E-state index in [9.17, 15) is 42.9 Å². The Morgan fingerprint density at radius 3 is 1.59 bits per heavy atom. The highest BCUT2D eigenvalue weighted by atomic mass is 35.5. The highest BCUT2D eigenvalue weighted by Gasteiger charge is 2.60. The van der Waals surface area contributed by atoms with Crippen molar-refractivity contribution >= 4 is 84.3 Å². The summed E-state index contributed by atoms with van der Waals surface area (Å²) in [4.78, 5) is 61.8. The fourth-order valence-corrected chi connectivity index (χ4v) is 12.0. The van der Waals surface area contributed by atoms with Gasteiger partial charge in [-0.3, -0.25) is 42.8 Å². The fourth-order valence-electron chi connectivity index (χ4n) is 8.30. The molecule has 2 aliphatic heterocycles. The highest BCUT2D eigenvalue weighted by Crippen LogP contribution is 2.53. The SMILES string of the molecule is [2H]C([2H])(O[P@@](=O)(C[C@@H](C)C(=O)OC(C)C)Oc1ccccc1)[C@H]1O[C@@H](n2cc(F)c3c(=O)[nH]c(N)nc32)C(F)(C#CCl)[C@H]1O.[2H]C([2H])(O[P@@](=O)(C[C@@H](C)C(=O)OC(C)C)Oc1ccccc1)[C@H]1O[C@@H](n2ccc3c(=O)[nH]c(N)nc32)C(F)(C#CCl)[C@H]1O. The Morgan fingerprint density at radius 2 is 1.16 bits per heavy atom. The number of aromatic amines is 2. The minimum absolute atomic E-state index is 0.0146. The van der Waals surface area contributed by atoms with Gasteiger partial charge >= 0.3 is 27.1 Å². The summed E-state index contributed by atoms with van der Waals surface area (Å²) in [6, 6.07) is 16.4. The number of nitrogens with zero attached hydrogens (tertiary/aromatic N) is 4. The van der Waals surface area contributed by atoms with Crippen LogP contribution in [-0.2, 0) is 46.7 Å². The maximum Gasteiger partial charge on any atom is 0.380 e. The maximum absolute atomic E-state index is 16.5. The Labute approximate surface area is 486 Å². The molecule has 8 rings (SSSR count). The first-order chi connectivity index (χ1) is 40.6. The number of hydrogen-bond acceptors (Lipinski definition) is 20. The van der Waals surface area contributed by atoms with Gasteiger partial charge in [0.05, 0.1) is 60.4 Å². The largest absolute Gasteiger partial charge is 0.463 e. The normalized spacial score (nSPS) is 25.3. The van der Waals surface area contributed by atoms with Crippen molar-refractivity contribution in [3.05, 3.63) is 106 Å².